The molecular weight excluding hydrogens is 448 g/mol. The van der Waals surface area contributed by atoms with Gasteiger partial charge >= 0.3 is 5.97 Å². The third kappa shape index (κ3) is 4.94. The van der Waals surface area contributed by atoms with Gasteiger partial charge in [-0.2, -0.15) is 5.10 Å². The lowest BCUT2D eigenvalue weighted by Gasteiger charge is -2.16. The molecule has 1 aromatic heterocycles. The number of nitrogens with zero attached hydrogens (tertiary/aromatic N) is 3. The molecule has 1 unspecified atom stereocenters. The zero-order valence-electron chi connectivity index (χ0n) is 18.6. The summed E-state index contributed by atoms with van der Waals surface area (Å²) in [5, 5.41) is 7.28. The molecule has 174 valence electrons. The van der Waals surface area contributed by atoms with Crippen LogP contribution < -0.4 is 10.9 Å². The Morgan fingerprint density at radius 2 is 1.79 bits per heavy atom. The van der Waals surface area contributed by atoms with Crippen LogP contribution in [-0.2, 0) is 26.1 Å². The molecule has 2 aromatic carbocycles. The Morgan fingerprint density at radius 1 is 1.12 bits per heavy atom. The number of amides is 1. The van der Waals surface area contributed by atoms with Crippen molar-refractivity contribution < 1.29 is 22.7 Å². The van der Waals surface area contributed by atoms with Crippen LogP contribution in [0.1, 0.15) is 24.3 Å². The Kier molecular flexibility index (Phi) is 6.94. The van der Waals surface area contributed by atoms with Crippen LogP contribution in [0.3, 0.4) is 0 Å². The fourth-order valence-electron chi connectivity index (χ4n) is 3.06. The Bertz CT molecular complexity index is 1380. The molecule has 3 rings (SSSR count). The summed E-state index contributed by atoms with van der Waals surface area (Å²) in [5.41, 5.74) is -0.178. The standard InChI is InChI=1S/C22H24N4O6S/c1-5-26-21(28)18-12-7-6-11-17(18)19(24-26)22(29)32-14(2)20(27)23-15-9-8-10-16(13-15)33(30,31)25(3)4/h6-14H,5H2,1-4H3,(H,23,27). The van der Waals surface area contributed by atoms with Gasteiger partial charge in [0.1, 0.15) is 0 Å². The second kappa shape index (κ2) is 9.51. The minimum absolute atomic E-state index is 0.00689. The molecule has 0 aliphatic carbocycles. The van der Waals surface area contributed by atoms with E-state index in [1.54, 1.807) is 31.2 Å². The predicted octanol–water partition coefficient (Wildman–Crippen LogP) is 1.85. The smallest absolute Gasteiger partial charge is 0.360 e. The minimum Gasteiger partial charge on any atom is -0.448 e. The summed E-state index contributed by atoms with van der Waals surface area (Å²) in [5.74, 6) is -1.52. The van der Waals surface area contributed by atoms with Gasteiger partial charge in [0.25, 0.3) is 11.5 Å². The van der Waals surface area contributed by atoms with Crippen molar-refractivity contribution in [2.75, 3.05) is 19.4 Å². The highest BCUT2D eigenvalue weighted by molar-refractivity contribution is 7.89. The average Bonchev–Trinajstić information content (AvgIpc) is 2.79. The van der Waals surface area contributed by atoms with Crippen LogP contribution in [0.4, 0.5) is 5.69 Å². The summed E-state index contributed by atoms with van der Waals surface area (Å²) < 4.78 is 32.1. The fourth-order valence-corrected chi connectivity index (χ4v) is 4.01. The number of hydrogen-bond acceptors (Lipinski definition) is 7. The van der Waals surface area contributed by atoms with E-state index in [0.29, 0.717) is 10.8 Å². The van der Waals surface area contributed by atoms with Crippen LogP contribution in [0.5, 0.6) is 0 Å². The molecule has 0 fully saturated rings. The first-order valence-corrected chi connectivity index (χ1v) is 11.5. The minimum atomic E-state index is -3.68. The third-order valence-corrected chi connectivity index (χ3v) is 6.70. The number of ether oxygens (including phenoxy) is 1. The zero-order chi connectivity index (χ0) is 24.3. The van der Waals surface area contributed by atoms with Gasteiger partial charge in [0.05, 0.1) is 10.3 Å². The number of carbonyl (C=O) groups is 2. The summed E-state index contributed by atoms with van der Waals surface area (Å²) in [6.45, 7) is 3.36. The van der Waals surface area contributed by atoms with E-state index in [9.17, 15) is 22.8 Å². The fraction of sp³-hybridized carbons (Fsp3) is 0.273. The van der Waals surface area contributed by atoms with Crippen molar-refractivity contribution in [1.29, 1.82) is 0 Å². The average molecular weight is 473 g/mol. The van der Waals surface area contributed by atoms with Crippen molar-refractivity contribution in [3.8, 4) is 0 Å². The molecular formula is C22H24N4O6S. The second-order valence-corrected chi connectivity index (χ2v) is 9.52. The number of rotatable bonds is 7. The molecule has 11 heteroatoms. The Morgan fingerprint density at radius 3 is 2.42 bits per heavy atom. The van der Waals surface area contributed by atoms with Gasteiger partial charge in [0.2, 0.25) is 10.0 Å². The first kappa shape index (κ1) is 24.1. The van der Waals surface area contributed by atoms with Crippen LogP contribution in [0.25, 0.3) is 10.8 Å². The molecule has 0 saturated heterocycles. The lowest BCUT2D eigenvalue weighted by atomic mass is 10.1. The second-order valence-electron chi connectivity index (χ2n) is 7.37. The van der Waals surface area contributed by atoms with E-state index in [1.165, 1.54) is 45.3 Å². The predicted molar refractivity (Wildman–Crippen MR) is 122 cm³/mol. The van der Waals surface area contributed by atoms with Crippen LogP contribution in [0.2, 0.25) is 0 Å². The summed E-state index contributed by atoms with van der Waals surface area (Å²) in [7, 11) is -0.872. The summed E-state index contributed by atoms with van der Waals surface area (Å²) >= 11 is 0. The number of aromatic nitrogens is 2. The molecule has 0 aliphatic rings. The highest BCUT2D eigenvalue weighted by Crippen LogP contribution is 2.19. The Balaban J connectivity index is 1.81. The van der Waals surface area contributed by atoms with E-state index in [2.05, 4.69) is 10.4 Å². The summed E-state index contributed by atoms with van der Waals surface area (Å²) in [6, 6.07) is 12.3. The Labute approximate surface area is 190 Å². The molecule has 0 spiro atoms. The largest absolute Gasteiger partial charge is 0.448 e. The third-order valence-electron chi connectivity index (χ3n) is 4.89. The van der Waals surface area contributed by atoms with E-state index in [4.69, 9.17) is 4.74 Å². The zero-order valence-corrected chi connectivity index (χ0v) is 19.4. The van der Waals surface area contributed by atoms with Crippen LogP contribution >= 0.6 is 0 Å². The molecule has 1 N–H and O–H groups in total. The molecule has 0 saturated carbocycles. The van der Waals surface area contributed by atoms with Crippen LogP contribution in [0, 0.1) is 0 Å². The summed E-state index contributed by atoms with van der Waals surface area (Å²) in [6.07, 6.45) is -1.21. The van der Waals surface area contributed by atoms with Gasteiger partial charge in [-0.3, -0.25) is 9.59 Å². The number of benzene rings is 2. The number of esters is 1. The number of fused-ring (bicyclic) bond motifs is 1. The van der Waals surface area contributed by atoms with Crippen molar-refractivity contribution in [3.05, 3.63) is 64.6 Å². The lowest BCUT2D eigenvalue weighted by Crippen LogP contribution is -2.32. The van der Waals surface area contributed by atoms with E-state index in [1.807, 2.05) is 0 Å². The monoisotopic (exact) mass is 472 g/mol. The number of carbonyl (C=O) groups excluding carboxylic acids is 2. The maximum absolute atomic E-state index is 12.8. The van der Waals surface area contributed by atoms with E-state index in [0.717, 1.165) is 8.99 Å². The lowest BCUT2D eigenvalue weighted by molar-refractivity contribution is -0.123. The molecule has 33 heavy (non-hydrogen) atoms. The Hall–Kier alpha value is -3.57. The van der Waals surface area contributed by atoms with E-state index >= 15 is 0 Å². The maximum atomic E-state index is 12.8. The van der Waals surface area contributed by atoms with Gasteiger partial charge in [-0.25, -0.2) is 22.2 Å². The number of aryl methyl sites for hydroxylation is 1. The van der Waals surface area contributed by atoms with Gasteiger partial charge in [0, 0.05) is 31.7 Å². The first-order valence-electron chi connectivity index (χ1n) is 10.1. The molecule has 1 amide bonds. The topological polar surface area (TPSA) is 128 Å². The van der Waals surface area contributed by atoms with Crippen molar-refractivity contribution in [2.45, 2.75) is 31.4 Å². The normalized spacial score (nSPS) is 12.5. The molecule has 1 atom stereocenters. The van der Waals surface area contributed by atoms with E-state index < -0.39 is 28.0 Å². The van der Waals surface area contributed by atoms with E-state index in [-0.39, 0.29) is 28.4 Å². The van der Waals surface area contributed by atoms with Gasteiger partial charge in [-0.05, 0) is 38.1 Å². The van der Waals surface area contributed by atoms with Crippen molar-refractivity contribution in [2.24, 2.45) is 0 Å². The number of hydrogen-bond donors (Lipinski definition) is 1. The molecule has 0 radical (unpaired) electrons. The highest BCUT2D eigenvalue weighted by Gasteiger charge is 2.24. The van der Waals surface area contributed by atoms with Crippen molar-refractivity contribution >= 4 is 38.4 Å². The van der Waals surface area contributed by atoms with Crippen LogP contribution in [-0.4, -0.2) is 54.6 Å². The van der Waals surface area contributed by atoms with Gasteiger partial charge in [-0.1, -0.05) is 24.3 Å². The van der Waals surface area contributed by atoms with Crippen LogP contribution in [0.15, 0.2) is 58.2 Å². The van der Waals surface area contributed by atoms with Crippen molar-refractivity contribution in [3.63, 3.8) is 0 Å². The van der Waals surface area contributed by atoms with Crippen molar-refractivity contribution in [1.82, 2.24) is 14.1 Å². The molecule has 0 aliphatic heterocycles. The first-order chi connectivity index (χ1) is 15.6. The van der Waals surface area contributed by atoms with Gasteiger partial charge < -0.3 is 10.1 Å². The number of anilines is 1. The summed E-state index contributed by atoms with van der Waals surface area (Å²) in [4.78, 5) is 37.8. The SMILES string of the molecule is CCn1nc(C(=O)OC(C)C(=O)Nc2cccc(S(=O)(=O)N(C)C)c2)c2ccccc2c1=O. The molecule has 1 heterocycles. The number of sulfonamides is 1. The quantitative estimate of drug-likeness (QED) is 0.520. The molecule has 0 bridgehead atoms. The molecule has 10 nitrogen and oxygen atoms in total. The van der Waals surface area contributed by atoms with Gasteiger partial charge in [0.15, 0.2) is 11.8 Å². The number of nitrogens with one attached hydrogen (secondary N) is 1. The van der Waals surface area contributed by atoms with Gasteiger partial charge in [-0.15, -0.1) is 0 Å². The highest BCUT2D eigenvalue weighted by atomic mass is 32.2. The maximum Gasteiger partial charge on any atom is 0.360 e. The molecule has 3 aromatic rings.